The fourth-order valence-corrected chi connectivity index (χ4v) is 1.15. The van der Waals surface area contributed by atoms with Crippen LogP contribution in [0.2, 0.25) is 0 Å². The van der Waals surface area contributed by atoms with Crippen molar-refractivity contribution >= 4 is 0 Å². The van der Waals surface area contributed by atoms with Gasteiger partial charge in [0, 0.05) is 12.6 Å². The van der Waals surface area contributed by atoms with E-state index in [1.54, 1.807) is 0 Å². The van der Waals surface area contributed by atoms with Gasteiger partial charge in [0.1, 0.15) is 6.61 Å². The zero-order valence-electron chi connectivity index (χ0n) is 9.44. The first-order valence-corrected chi connectivity index (χ1v) is 5.16. The van der Waals surface area contributed by atoms with Crippen molar-refractivity contribution in [1.29, 1.82) is 0 Å². The van der Waals surface area contributed by atoms with Gasteiger partial charge in [-0.05, 0) is 19.3 Å². The first-order valence-electron chi connectivity index (χ1n) is 5.16. The summed E-state index contributed by atoms with van der Waals surface area (Å²) in [5.41, 5.74) is 3.56. The van der Waals surface area contributed by atoms with E-state index < -0.39 is 12.8 Å². The Bertz CT molecular complexity index is 207. The average Bonchev–Trinajstić information content (AvgIpc) is 2.20. The summed E-state index contributed by atoms with van der Waals surface area (Å²) in [6.45, 7) is 4.60. The van der Waals surface area contributed by atoms with Gasteiger partial charge >= 0.3 is 6.18 Å². The first-order chi connectivity index (χ1) is 7.39. The number of rotatable bonds is 8. The van der Waals surface area contributed by atoms with Gasteiger partial charge in [-0.1, -0.05) is 19.1 Å². The van der Waals surface area contributed by atoms with E-state index in [0.29, 0.717) is 12.8 Å². The fraction of sp³-hybridized carbons (Fsp3) is 0.800. The Hall–Kier alpha value is -0.590. The largest absolute Gasteiger partial charge is 0.411 e. The molecular weight excluding hydrogens is 221 g/mol. The molecule has 1 unspecified atom stereocenters. The van der Waals surface area contributed by atoms with Crippen LogP contribution in [-0.4, -0.2) is 25.4 Å². The number of nitrogens with two attached hydrogens (primary N) is 1. The number of hydrogen-bond acceptors (Lipinski definition) is 3. The number of hydrazine groups is 1. The third-order valence-electron chi connectivity index (χ3n) is 2.15. The van der Waals surface area contributed by atoms with Gasteiger partial charge in [0.25, 0.3) is 0 Å². The summed E-state index contributed by atoms with van der Waals surface area (Å²) in [6, 6.07) is -0.0827. The molecule has 0 aromatic carbocycles. The molecule has 0 aliphatic heterocycles. The zero-order valence-corrected chi connectivity index (χ0v) is 9.44. The van der Waals surface area contributed by atoms with E-state index in [-0.39, 0.29) is 12.6 Å². The second-order valence-electron chi connectivity index (χ2n) is 3.63. The van der Waals surface area contributed by atoms with Gasteiger partial charge in [-0.2, -0.15) is 13.2 Å². The predicted molar refractivity (Wildman–Crippen MR) is 56.7 cm³/mol. The second-order valence-corrected chi connectivity index (χ2v) is 3.63. The Labute approximate surface area is 93.8 Å². The van der Waals surface area contributed by atoms with Crippen molar-refractivity contribution in [3.63, 3.8) is 0 Å². The van der Waals surface area contributed by atoms with E-state index in [4.69, 9.17) is 5.84 Å². The molecule has 0 saturated carbocycles. The summed E-state index contributed by atoms with van der Waals surface area (Å²) in [6.07, 6.45) is -2.34. The summed E-state index contributed by atoms with van der Waals surface area (Å²) in [5, 5.41) is 0. The highest BCUT2D eigenvalue weighted by Crippen LogP contribution is 2.15. The summed E-state index contributed by atoms with van der Waals surface area (Å²) >= 11 is 0. The average molecular weight is 240 g/mol. The molecule has 96 valence electrons. The summed E-state index contributed by atoms with van der Waals surface area (Å²) in [5.74, 6) is 5.27. The van der Waals surface area contributed by atoms with Gasteiger partial charge in [0.15, 0.2) is 0 Å². The van der Waals surface area contributed by atoms with Crippen LogP contribution in [0.1, 0.15) is 26.2 Å². The number of hydrogen-bond donors (Lipinski definition) is 2. The van der Waals surface area contributed by atoms with Crippen LogP contribution in [-0.2, 0) is 4.74 Å². The third kappa shape index (κ3) is 8.70. The minimum atomic E-state index is -4.27. The van der Waals surface area contributed by atoms with Crippen molar-refractivity contribution in [3.8, 4) is 0 Å². The van der Waals surface area contributed by atoms with Crippen molar-refractivity contribution in [3.05, 3.63) is 12.2 Å². The summed E-state index contributed by atoms with van der Waals surface area (Å²) in [7, 11) is 0. The molecule has 3 nitrogen and oxygen atoms in total. The van der Waals surface area contributed by atoms with Crippen LogP contribution < -0.4 is 11.3 Å². The van der Waals surface area contributed by atoms with Crippen LogP contribution in [0.3, 0.4) is 0 Å². The number of halogens is 3. The molecular formula is C10H19F3N2O. The standard InChI is InChI=1S/C10H19F3N2O/c1-3-8(2)6-9(15-14)4-5-16-7-10(11,12)13/h9,15H,2-7,14H2,1H3. The molecule has 0 fully saturated rings. The molecule has 0 aromatic heterocycles. The number of alkyl halides is 3. The molecule has 0 bridgehead atoms. The highest BCUT2D eigenvalue weighted by Gasteiger charge is 2.27. The Balaban J connectivity index is 3.67. The van der Waals surface area contributed by atoms with Crippen molar-refractivity contribution in [1.82, 2.24) is 5.43 Å². The lowest BCUT2D eigenvalue weighted by Crippen LogP contribution is -2.36. The van der Waals surface area contributed by atoms with E-state index in [1.165, 1.54) is 0 Å². The molecule has 1 atom stereocenters. The molecule has 3 N–H and O–H groups in total. The molecule has 0 aromatic rings. The fourth-order valence-electron chi connectivity index (χ4n) is 1.15. The van der Waals surface area contributed by atoms with Gasteiger partial charge < -0.3 is 4.74 Å². The van der Waals surface area contributed by atoms with Crippen LogP contribution in [0.4, 0.5) is 13.2 Å². The quantitative estimate of drug-likeness (QED) is 0.296. The highest BCUT2D eigenvalue weighted by atomic mass is 19.4. The first kappa shape index (κ1) is 15.4. The molecule has 0 heterocycles. The van der Waals surface area contributed by atoms with E-state index in [9.17, 15) is 13.2 Å². The van der Waals surface area contributed by atoms with Crippen molar-refractivity contribution in [2.75, 3.05) is 13.2 Å². The lowest BCUT2D eigenvalue weighted by atomic mass is 10.0. The Morgan fingerprint density at radius 3 is 2.56 bits per heavy atom. The molecule has 16 heavy (non-hydrogen) atoms. The van der Waals surface area contributed by atoms with E-state index in [2.05, 4.69) is 16.7 Å². The zero-order chi connectivity index (χ0) is 12.6. The molecule has 0 rings (SSSR count). The highest BCUT2D eigenvalue weighted by molar-refractivity contribution is 4.95. The Morgan fingerprint density at radius 1 is 1.50 bits per heavy atom. The summed E-state index contributed by atoms with van der Waals surface area (Å²) in [4.78, 5) is 0. The molecule has 0 radical (unpaired) electrons. The topological polar surface area (TPSA) is 47.3 Å². The van der Waals surface area contributed by atoms with Crippen molar-refractivity contribution in [2.24, 2.45) is 5.84 Å². The maximum atomic E-state index is 11.7. The van der Waals surface area contributed by atoms with Gasteiger partial charge in [-0.25, -0.2) is 0 Å². The van der Waals surface area contributed by atoms with Crippen molar-refractivity contribution < 1.29 is 17.9 Å². The maximum absolute atomic E-state index is 11.7. The van der Waals surface area contributed by atoms with Crippen LogP contribution in [0.15, 0.2) is 12.2 Å². The second kappa shape index (κ2) is 7.65. The van der Waals surface area contributed by atoms with Crippen LogP contribution >= 0.6 is 0 Å². The van der Waals surface area contributed by atoms with Gasteiger partial charge in [-0.3, -0.25) is 11.3 Å². The minimum absolute atomic E-state index is 0.0331. The Morgan fingerprint density at radius 2 is 2.12 bits per heavy atom. The predicted octanol–water partition coefficient (Wildman–Crippen LogP) is 2.14. The molecule has 0 aliphatic rings. The lowest BCUT2D eigenvalue weighted by Gasteiger charge is -2.17. The third-order valence-corrected chi connectivity index (χ3v) is 2.15. The molecule has 0 aliphatic carbocycles. The lowest BCUT2D eigenvalue weighted by molar-refractivity contribution is -0.174. The molecule has 0 saturated heterocycles. The number of nitrogens with one attached hydrogen (secondary N) is 1. The van der Waals surface area contributed by atoms with E-state index in [1.807, 2.05) is 6.92 Å². The van der Waals surface area contributed by atoms with Crippen LogP contribution in [0, 0.1) is 0 Å². The Kier molecular flexibility index (Phi) is 7.36. The normalized spacial score (nSPS) is 13.8. The molecule has 0 spiro atoms. The van der Waals surface area contributed by atoms with E-state index in [0.717, 1.165) is 12.0 Å². The van der Waals surface area contributed by atoms with Crippen molar-refractivity contribution in [2.45, 2.75) is 38.4 Å². The van der Waals surface area contributed by atoms with Gasteiger partial charge in [0.2, 0.25) is 0 Å². The smallest absolute Gasteiger partial charge is 0.372 e. The maximum Gasteiger partial charge on any atom is 0.411 e. The van der Waals surface area contributed by atoms with E-state index >= 15 is 0 Å². The SMILES string of the molecule is C=C(CC)CC(CCOCC(F)(F)F)NN. The molecule has 6 heteroatoms. The summed E-state index contributed by atoms with van der Waals surface area (Å²) < 4.78 is 39.7. The van der Waals surface area contributed by atoms with Crippen LogP contribution in [0.5, 0.6) is 0 Å². The minimum Gasteiger partial charge on any atom is -0.372 e. The number of ether oxygens (including phenoxy) is 1. The van der Waals surface area contributed by atoms with Gasteiger partial charge in [0.05, 0.1) is 0 Å². The monoisotopic (exact) mass is 240 g/mol. The molecule has 0 amide bonds. The van der Waals surface area contributed by atoms with Crippen LogP contribution in [0.25, 0.3) is 0 Å². The van der Waals surface area contributed by atoms with Gasteiger partial charge in [-0.15, -0.1) is 0 Å².